The number of allylic oxidation sites excluding steroid dienone is 1. The van der Waals surface area contributed by atoms with Gasteiger partial charge in [-0.1, -0.05) is 54.0 Å². The third kappa shape index (κ3) is 4.86. The van der Waals surface area contributed by atoms with Crippen LogP contribution >= 0.6 is 0 Å². The highest BCUT2D eigenvalue weighted by atomic mass is 16.6. The number of hydrogen-bond acceptors (Lipinski definition) is 7. The van der Waals surface area contributed by atoms with Gasteiger partial charge >= 0.3 is 11.9 Å². The zero-order chi connectivity index (χ0) is 34.2. The molecule has 5 aliphatic rings. The van der Waals surface area contributed by atoms with Crippen LogP contribution in [0.2, 0.25) is 0 Å². The molecule has 258 valence electrons. The lowest BCUT2D eigenvalue weighted by Crippen LogP contribution is -2.71. The quantitative estimate of drug-likeness (QED) is 0.193. The Hall–Kier alpha value is -2.46. The molecule has 5 rings (SSSR count). The normalized spacial score (nSPS) is 44.5. The van der Waals surface area contributed by atoms with E-state index in [1.807, 2.05) is 19.9 Å². The number of aliphatic imine (C=N–C) groups is 1. The van der Waals surface area contributed by atoms with Crippen LogP contribution in [-0.2, 0) is 28.6 Å². The van der Waals surface area contributed by atoms with Crippen molar-refractivity contribution < 1.29 is 33.7 Å². The molecule has 1 heterocycles. The second kappa shape index (κ2) is 11.6. The van der Waals surface area contributed by atoms with Gasteiger partial charge in [0.1, 0.15) is 12.2 Å². The Bertz CT molecular complexity index is 1330. The van der Waals surface area contributed by atoms with Gasteiger partial charge in [-0.25, -0.2) is 4.99 Å². The predicted octanol–water partition coefficient (Wildman–Crippen LogP) is 4.73. The monoisotopic (exact) mass is 643 g/mol. The first-order valence-electron chi connectivity index (χ1n) is 17.2. The highest BCUT2D eigenvalue weighted by molar-refractivity contribution is 6.00. The van der Waals surface area contributed by atoms with Gasteiger partial charge < -0.3 is 30.8 Å². The summed E-state index contributed by atoms with van der Waals surface area (Å²) in [6.07, 6.45) is 4.54. The van der Waals surface area contributed by atoms with Gasteiger partial charge in [0, 0.05) is 23.2 Å². The zero-order valence-electron chi connectivity index (χ0n) is 29.4. The summed E-state index contributed by atoms with van der Waals surface area (Å²) in [6.45, 7) is 19.2. The first-order valence-corrected chi connectivity index (χ1v) is 17.2. The number of rotatable bonds is 8. The van der Waals surface area contributed by atoms with Crippen LogP contribution in [0.5, 0.6) is 0 Å². The number of ketones is 1. The number of aliphatic carboxylic acids is 1. The van der Waals surface area contributed by atoms with Crippen molar-refractivity contribution in [3.63, 3.8) is 0 Å². The van der Waals surface area contributed by atoms with Gasteiger partial charge in [0.2, 0.25) is 0 Å². The van der Waals surface area contributed by atoms with Crippen LogP contribution in [0.25, 0.3) is 0 Å². The van der Waals surface area contributed by atoms with Crippen molar-refractivity contribution in [1.82, 2.24) is 0 Å². The lowest BCUT2D eigenvalue weighted by Gasteiger charge is -2.70. The first kappa shape index (κ1) is 34.9. The lowest BCUT2D eigenvalue weighted by atomic mass is 9.34. The fourth-order valence-electron chi connectivity index (χ4n) is 11.5. The molecule has 0 aromatic rings. The number of nitrogens with zero attached hydrogens (tertiary/aromatic N) is 1. The van der Waals surface area contributed by atoms with Gasteiger partial charge in [0.05, 0.1) is 31.8 Å². The van der Waals surface area contributed by atoms with Crippen LogP contribution in [0.1, 0.15) is 94.4 Å². The Labute approximate surface area is 274 Å². The molecule has 10 nitrogen and oxygen atoms in total. The third-order valence-electron chi connectivity index (χ3n) is 14.1. The maximum Gasteiger partial charge on any atom is 0.308 e. The van der Waals surface area contributed by atoms with E-state index in [0.29, 0.717) is 19.6 Å². The molecule has 3 saturated carbocycles. The van der Waals surface area contributed by atoms with Crippen molar-refractivity contribution in [1.29, 1.82) is 0 Å². The van der Waals surface area contributed by atoms with Crippen molar-refractivity contribution in [2.45, 2.75) is 113 Å². The Morgan fingerprint density at radius 1 is 1.09 bits per heavy atom. The fraction of sp³-hybridized carbons (Fsp3) is 0.833. The minimum absolute atomic E-state index is 0.00971. The Morgan fingerprint density at radius 2 is 1.76 bits per heavy atom. The molecule has 0 aromatic heterocycles. The summed E-state index contributed by atoms with van der Waals surface area (Å²) in [4.78, 5) is 44.8. The van der Waals surface area contributed by atoms with Crippen LogP contribution in [0.3, 0.4) is 0 Å². The average Bonchev–Trinajstić information content (AvgIpc) is 2.93. The van der Waals surface area contributed by atoms with Crippen molar-refractivity contribution >= 4 is 23.7 Å². The van der Waals surface area contributed by atoms with Gasteiger partial charge in [0.25, 0.3) is 0 Å². The van der Waals surface area contributed by atoms with Crippen molar-refractivity contribution in [2.75, 3.05) is 19.8 Å². The number of hydrogen-bond donors (Lipinski definition) is 3. The van der Waals surface area contributed by atoms with Crippen LogP contribution in [0.4, 0.5) is 0 Å². The highest BCUT2D eigenvalue weighted by Crippen LogP contribution is 2.74. The number of guanidine groups is 1. The van der Waals surface area contributed by atoms with E-state index < -0.39 is 51.2 Å². The van der Waals surface area contributed by atoms with Crippen LogP contribution in [0, 0.1) is 56.7 Å². The van der Waals surface area contributed by atoms with Crippen molar-refractivity contribution in [3.05, 3.63) is 11.6 Å². The van der Waals surface area contributed by atoms with Crippen LogP contribution < -0.4 is 11.5 Å². The minimum atomic E-state index is -1.07. The van der Waals surface area contributed by atoms with Crippen molar-refractivity contribution in [3.8, 4) is 0 Å². The predicted molar refractivity (Wildman–Crippen MR) is 175 cm³/mol. The van der Waals surface area contributed by atoms with E-state index in [2.05, 4.69) is 46.5 Å². The molecule has 0 aromatic carbocycles. The summed E-state index contributed by atoms with van der Waals surface area (Å²) in [5.74, 6) is -1.63. The Balaban J connectivity index is 1.60. The van der Waals surface area contributed by atoms with Gasteiger partial charge in [0.15, 0.2) is 11.7 Å². The molecular weight excluding hydrogens is 586 g/mol. The lowest BCUT2D eigenvalue weighted by molar-refractivity contribution is -0.266. The molecule has 1 saturated heterocycles. The Morgan fingerprint density at radius 3 is 2.35 bits per heavy atom. The number of carbonyl (C=O) groups is 3. The van der Waals surface area contributed by atoms with Crippen LogP contribution in [-0.4, -0.2) is 66.9 Å². The maximum absolute atomic E-state index is 14.8. The van der Waals surface area contributed by atoms with E-state index in [4.69, 9.17) is 25.7 Å². The molecule has 12 atom stereocenters. The second-order valence-electron chi connectivity index (χ2n) is 16.7. The third-order valence-corrected chi connectivity index (χ3v) is 14.1. The van der Waals surface area contributed by atoms with E-state index in [0.717, 1.165) is 31.3 Å². The van der Waals surface area contributed by atoms with E-state index in [1.54, 1.807) is 0 Å². The molecule has 0 spiro atoms. The van der Waals surface area contributed by atoms with E-state index >= 15 is 0 Å². The number of esters is 1. The number of nitrogens with two attached hydrogens (primary N) is 2. The summed E-state index contributed by atoms with van der Waals surface area (Å²) in [5, 5.41) is 10.9. The fourth-order valence-corrected chi connectivity index (χ4v) is 11.5. The maximum atomic E-state index is 14.8. The van der Waals surface area contributed by atoms with E-state index in [9.17, 15) is 19.5 Å². The molecule has 4 fully saturated rings. The number of carboxylic acids is 1. The van der Waals surface area contributed by atoms with Crippen molar-refractivity contribution in [2.24, 2.45) is 73.1 Å². The number of carbonyl (C=O) groups excluding carboxylic acids is 2. The summed E-state index contributed by atoms with van der Waals surface area (Å²) in [6, 6.07) is -0.285. The van der Waals surface area contributed by atoms with Crippen LogP contribution in [0.15, 0.2) is 16.6 Å². The molecule has 0 amide bonds. The molecule has 2 bridgehead atoms. The second-order valence-corrected chi connectivity index (χ2v) is 16.7. The summed E-state index contributed by atoms with van der Waals surface area (Å²) >= 11 is 0. The standard InChI is InChI=1S/C36H57N3O7/c1-19(2)21(4)32(6)12-13-34(8)23-10-11-26-33(7)17-44-18-36(26,24(23)14-27(41)35(34,9)28(32)30(42)43)15-25(46-22(5)40)29(33)45-16-20(3)39-31(37)38/h14,19-21,23,25-26,28-29H,10-13,15-18H2,1-9H3,(H,42,43)(H4,37,38,39)/t20?,21-,23+,25-,26+,28-,29+,32-,33+,34-,35+,36-/m1/s1. The largest absolute Gasteiger partial charge is 0.481 e. The van der Waals surface area contributed by atoms with Gasteiger partial charge in [-0.3, -0.25) is 14.4 Å². The smallest absolute Gasteiger partial charge is 0.308 e. The first-order chi connectivity index (χ1) is 21.3. The molecular formula is C36H57N3O7. The topological polar surface area (TPSA) is 164 Å². The number of fused-ring (bicyclic) bond motifs is 3. The average molecular weight is 644 g/mol. The molecule has 46 heavy (non-hydrogen) atoms. The Kier molecular flexibility index (Phi) is 8.79. The summed E-state index contributed by atoms with van der Waals surface area (Å²) < 4.78 is 19.1. The number of ether oxygens (including phenoxy) is 3. The van der Waals surface area contributed by atoms with E-state index in [-0.39, 0.29) is 54.0 Å². The zero-order valence-corrected chi connectivity index (χ0v) is 29.4. The molecule has 1 unspecified atom stereocenters. The molecule has 4 aliphatic carbocycles. The number of carboxylic acid groups (broad SMARTS) is 1. The molecule has 1 aliphatic heterocycles. The van der Waals surface area contributed by atoms with Gasteiger partial charge in [-0.15, -0.1) is 0 Å². The van der Waals surface area contributed by atoms with Gasteiger partial charge in [-0.05, 0) is 79.6 Å². The van der Waals surface area contributed by atoms with Gasteiger partial charge in [-0.2, -0.15) is 0 Å². The highest BCUT2D eigenvalue weighted by Gasteiger charge is 2.74. The molecule has 10 heteroatoms. The minimum Gasteiger partial charge on any atom is -0.481 e. The molecule has 0 radical (unpaired) electrons. The summed E-state index contributed by atoms with van der Waals surface area (Å²) in [5.41, 5.74) is 9.10. The SMILES string of the molecule is CC(=O)O[C@@H]1C[C@]23COC[C@@](C)([C@@H]2CC[C@H]2C3=CC(=O)[C@@]3(C)[C@H](C(=O)O)[C@@](C)([C@H](C)C(C)C)CC[C@]23C)[C@H]1OCC(C)N=C(N)N. The summed E-state index contributed by atoms with van der Waals surface area (Å²) in [7, 11) is 0. The molecule has 5 N–H and O–H groups in total. The van der Waals surface area contributed by atoms with E-state index in [1.165, 1.54) is 6.92 Å².